The molecule has 0 spiro atoms. The Balaban J connectivity index is 2.16. The van der Waals surface area contributed by atoms with Crippen LogP contribution >= 0.6 is 0 Å². The summed E-state index contributed by atoms with van der Waals surface area (Å²) in [7, 11) is 0. The minimum atomic E-state index is 0.549. The summed E-state index contributed by atoms with van der Waals surface area (Å²) < 4.78 is 0. The third-order valence-corrected chi connectivity index (χ3v) is 4.23. The molecule has 2 aliphatic carbocycles. The van der Waals surface area contributed by atoms with E-state index < -0.39 is 0 Å². The molecule has 0 aromatic carbocycles. The summed E-state index contributed by atoms with van der Waals surface area (Å²) in [6.07, 6.45) is 3.90. The first-order valence-corrected chi connectivity index (χ1v) is 5.06. The number of rotatable bonds is 1. The van der Waals surface area contributed by atoms with E-state index in [2.05, 4.69) is 40.7 Å². The van der Waals surface area contributed by atoms with E-state index in [9.17, 15) is 0 Å². The monoisotopic (exact) mass is 164 g/mol. The zero-order chi connectivity index (χ0) is 9.15. The standard InChI is InChI=1S/C12H20/c1-8(2)6-11(4)7-12(5)9(3)10(11)12/h6,9-10H,7H2,1-5H3. The molecule has 0 amide bonds. The van der Waals surface area contributed by atoms with Gasteiger partial charge in [-0.3, -0.25) is 0 Å². The van der Waals surface area contributed by atoms with E-state index in [0.29, 0.717) is 5.41 Å². The molecule has 0 aliphatic heterocycles. The van der Waals surface area contributed by atoms with Crippen LogP contribution in [0.2, 0.25) is 0 Å². The Labute approximate surface area is 76.1 Å². The molecule has 12 heavy (non-hydrogen) atoms. The van der Waals surface area contributed by atoms with E-state index in [1.54, 1.807) is 0 Å². The van der Waals surface area contributed by atoms with Crippen molar-refractivity contribution < 1.29 is 0 Å². The van der Waals surface area contributed by atoms with Gasteiger partial charge in [0.15, 0.2) is 0 Å². The van der Waals surface area contributed by atoms with E-state index in [4.69, 9.17) is 0 Å². The van der Waals surface area contributed by atoms with Gasteiger partial charge in [0, 0.05) is 0 Å². The molecule has 0 heteroatoms. The van der Waals surface area contributed by atoms with Crippen LogP contribution in [0.25, 0.3) is 0 Å². The summed E-state index contributed by atoms with van der Waals surface area (Å²) >= 11 is 0. The number of allylic oxidation sites excluding steroid dienone is 2. The van der Waals surface area contributed by atoms with Crippen molar-refractivity contribution in [1.29, 1.82) is 0 Å². The van der Waals surface area contributed by atoms with Crippen LogP contribution in [-0.4, -0.2) is 0 Å². The quantitative estimate of drug-likeness (QED) is 0.519. The molecule has 0 heterocycles. The SMILES string of the molecule is CC(C)=CC1(C)CC2(C)C(C)C12. The molecule has 2 saturated carbocycles. The molecule has 4 atom stereocenters. The number of fused-ring (bicyclic) bond motifs is 1. The van der Waals surface area contributed by atoms with E-state index in [-0.39, 0.29) is 0 Å². The van der Waals surface area contributed by atoms with Gasteiger partial charge < -0.3 is 0 Å². The van der Waals surface area contributed by atoms with Crippen LogP contribution in [0.4, 0.5) is 0 Å². The zero-order valence-corrected chi connectivity index (χ0v) is 8.94. The molecule has 0 aromatic heterocycles. The third-order valence-electron chi connectivity index (χ3n) is 4.23. The zero-order valence-electron chi connectivity index (χ0n) is 8.94. The van der Waals surface area contributed by atoms with Crippen LogP contribution in [0, 0.1) is 22.7 Å². The predicted octanol–water partition coefficient (Wildman–Crippen LogP) is 3.63. The summed E-state index contributed by atoms with van der Waals surface area (Å²) in [5, 5.41) is 0. The van der Waals surface area contributed by atoms with E-state index >= 15 is 0 Å². The van der Waals surface area contributed by atoms with Crippen molar-refractivity contribution in [3.05, 3.63) is 11.6 Å². The highest BCUT2D eigenvalue weighted by molar-refractivity contribution is 5.29. The van der Waals surface area contributed by atoms with Gasteiger partial charge in [0.2, 0.25) is 0 Å². The van der Waals surface area contributed by atoms with Crippen molar-refractivity contribution in [3.63, 3.8) is 0 Å². The molecule has 0 N–H and O–H groups in total. The van der Waals surface area contributed by atoms with Crippen molar-refractivity contribution in [2.75, 3.05) is 0 Å². The van der Waals surface area contributed by atoms with Crippen LogP contribution in [0.15, 0.2) is 11.6 Å². The lowest BCUT2D eigenvalue weighted by Gasteiger charge is -2.41. The van der Waals surface area contributed by atoms with Crippen LogP contribution in [0.5, 0.6) is 0 Å². The maximum absolute atomic E-state index is 2.49. The van der Waals surface area contributed by atoms with Gasteiger partial charge in [0.25, 0.3) is 0 Å². The first-order chi connectivity index (χ1) is 5.40. The second kappa shape index (κ2) is 1.97. The molecule has 2 fully saturated rings. The normalized spacial score (nSPS) is 55.4. The molecule has 0 saturated heterocycles. The third kappa shape index (κ3) is 0.787. The Morgan fingerprint density at radius 1 is 1.33 bits per heavy atom. The molecule has 0 nitrogen and oxygen atoms in total. The number of hydrogen-bond donors (Lipinski definition) is 0. The Morgan fingerprint density at radius 3 is 2.17 bits per heavy atom. The number of hydrogen-bond acceptors (Lipinski definition) is 0. The summed E-state index contributed by atoms with van der Waals surface area (Å²) in [5.74, 6) is 1.96. The smallest absolute Gasteiger partial charge is 0.0102 e. The topological polar surface area (TPSA) is 0 Å². The van der Waals surface area contributed by atoms with Crippen LogP contribution in [0.1, 0.15) is 41.0 Å². The minimum Gasteiger partial charge on any atom is -0.0799 e. The first kappa shape index (κ1) is 8.34. The Hall–Kier alpha value is -0.260. The maximum atomic E-state index is 2.49. The molecule has 0 aromatic rings. The van der Waals surface area contributed by atoms with Crippen molar-refractivity contribution in [1.82, 2.24) is 0 Å². The summed E-state index contributed by atoms with van der Waals surface area (Å²) in [5.41, 5.74) is 2.76. The predicted molar refractivity (Wildman–Crippen MR) is 52.9 cm³/mol. The van der Waals surface area contributed by atoms with Gasteiger partial charge in [-0.25, -0.2) is 0 Å². The molecule has 0 bridgehead atoms. The lowest BCUT2D eigenvalue weighted by molar-refractivity contribution is 0.131. The van der Waals surface area contributed by atoms with Gasteiger partial charge in [0.05, 0.1) is 0 Å². The fourth-order valence-corrected chi connectivity index (χ4v) is 3.99. The molecule has 0 radical (unpaired) electrons. The molecule has 2 aliphatic rings. The molecular weight excluding hydrogens is 144 g/mol. The summed E-state index contributed by atoms with van der Waals surface area (Å²) in [6.45, 7) is 11.7. The first-order valence-electron chi connectivity index (χ1n) is 5.06. The van der Waals surface area contributed by atoms with Crippen molar-refractivity contribution >= 4 is 0 Å². The highest BCUT2D eigenvalue weighted by Gasteiger charge is 2.74. The van der Waals surface area contributed by atoms with Gasteiger partial charge in [-0.2, -0.15) is 0 Å². The van der Waals surface area contributed by atoms with E-state index in [0.717, 1.165) is 17.3 Å². The van der Waals surface area contributed by atoms with E-state index in [1.807, 2.05) is 0 Å². The van der Waals surface area contributed by atoms with Crippen LogP contribution in [0.3, 0.4) is 0 Å². The maximum Gasteiger partial charge on any atom is -0.0102 e. The average Bonchev–Trinajstić information content (AvgIpc) is 2.26. The van der Waals surface area contributed by atoms with Crippen LogP contribution < -0.4 is 0 Å². The average molecular weight is 164 g/mol. The second-order valence-corrected chi connectivity index (χ2v) is 5.68. The summed E-state index contributed by atoms with van der Waals surface area (Å²) in [4.78, 5) is 0. The Bertz CT molecular complexity index is 247. The van der Waals surface area contributed by atoms with Gasteiger partial charge in [-0.15, -0.1) is 0 Å². The van der Waals surface area contributed by atoms with Gasteiger partial charge in [0.1, 0.15) is 0 Å². The molecule has 2 rings (SSSR count). The highest BCUT2D eigenvalue weighted by Crippen LogP contribution is 2.80. The van der Waals surface area contributed by atoms with Crippen molar-refractivity contribution in [2.45, 2.75) is 41.0 Å². The Morgan fingerprint density at radius 2 is 1.92 bits per heavy atom. The van der Waals surface area contributed by atoms with E-state index in [1.165, 1.54) is 12.0 Å². The van der Waals surface area contributed by atoms with Crippen molar-refractivity contribution in [2.24, 2.45) is 22.7 Å². The molecular formula is C12H20. The summed E-state index contributed by atoms with van der Waals surface area (Å²) in [6, 6.07) is 0. The van der Waals surface area contributed by atoms with Crippen molar-refractivity contribution in [3.8, 4) is 0 Å². The second-order valence-electron chi connectivity index (χ2n) is 5.68. The fourth-order valence-electron chi connectivity index (χ4n) is 3.99. The fraction of sp³-hybridized carbons (Fsp3) is 0.833. The molecule has 68 valence electrons. The lowest BCUT2D eigenvalue weighted by atomic mass is 9.63. The van der Waals surface area contributed by atoms with Gasteiger partial charge in [-0.05, 0) is 42.9 Å². The largest absolute Gasteiger partial charge is 0.0799 e. The lowest BCUT2D eigenvalue weighted by Crippen LogP contribution is -2.33. The molecule has 4 unspecified atom stereocenters. The van der Waals surface area contributed by atoms with Crippen LogP contribution in [-0.2, 0) is 0 Å². The minimum absolute atomic E-state index is 0.549. The van der Waals surface area contributed by atoms with Gasteiger partial charge in [-0.1, -0.05) is 32.4 Å². The highest BCUT2D eigenvalue weighted by atomic mass is 14.8. The van der Waals surface area contributed by atoms with Gasteiger partial charge >= 0.3 is 0 Å². The Kier molecular flexibility index (Phi) is 1.37.